The summed E-state index contributed by atoms with van der Waals surface area (Å²) >= 11 is 7.34. The molecule has 2 aromatic carbocycles. The van der Waals surface area contributed by atoms with Crippen molar-refractivity contribution in [3.63, 3.8) is 0 Å². The highest BCUT2D eigenvalue weighted by Crippen LogP contribution is 2.42. The first-order valence-electron chi connectivity index (χ1n) is 9.22. The van der Waals surface area contributed by atoms with Crippen LogP contribution in [0.3, 0.4) is 0 Å². The Labute approximate surface area is 182 Å². The number of rotatable bonds is 3. The molecule has 0 bridgehead atoms. The smallest absolute Gasteiger partial charge is 0.261 e. The molecule has 0 atom stereocenters. The molecule has 0 saturated heterocycles. The molecule has 1 N–H and O–H groups in total. The lowest BCUT2D eigenvalue weighted by atomic mass is 10.1. The van der Waals surface area contributed by atoms with E-state index >= 15 is 0 Å². The number of pyridine rings is 1. The number of hydrogen-bond acceptors (Lipinski definition) is 4. The summed E-state index contributed by atoms with van der Waals surface area (Å²) in [5, 5.41) is 3.31. The van der Waals surface area contributed by atoms with E-state index in [1.165, 1.54) is 30.0 Å². The molecule has 8 heteroatoms. The number of nitrogens with one attached hydrogen (secondary N) is 1. The molecule has 0 saturated carbocycles. The minimum atomic E-state index is -0.696. The van der Waals surface area contributed by atoms with Gasteiger partial charge < -0.3 is 10.2 Å². The molecule has 0 radical (unpaired) electrons. The molecule has 152 valence electrons. The molecule has 3 aromatic rings. The molecule has 0 spiro atoms. The first-order chi connectivity index (χ1) is 14.4. The Kier molecular flexibility index (Phi) is 5.49. The lowest BCUT2D eigenvalue weighted by molar-refractivity contribution is 0.0975. The average Bonchev–Trinajstić information content (AvgIpc) is 2.81. The van der Waals surface area contributed by atoms with Gasteiger partial charge >= 0.3 is 0 Å². The lowest BCUT2D eigenvalue weighted by Gasteiger charge is -2.27. The van der Waals surface area contributed by atoms with E-state index in [4.69, 9.17) is 11.6 Å². The number of carbonyl (C=O) groups is 2. The van der Waals surface area contributed by atoms with Gasteiger partial charge in [0.25, 0.3) is 11.8 Å². The van der Waals surface area contributed by atoms with Crippen LogP contribution in [0.25, 0.3) is 0 Å². The molecule has 0 fully saturated rings. The van der Waals surface area contributed by atoms with Crippen LogP contribution in [-0.2, 0) is 0 Å². The number of anilines is 2. The number of fused-ring (bicyclic) bond motifs is 2. The monoisotopic (exact) mass is 441 g/mol. The maximum atomic E-state index is 14.1. The predicted molar refractivity (Wildman–Crippen MR) is 116 cm³/mol. The van der Waals surface area contributed by atoms with Crippen LogP contribution in [0.4, 0.5) is 15.8 Å². The van der Waals surface area contributed by atoms with E-state index in [0.29, 0.717) is 16.3 Å². The molecular weight excluding hydrogens is 425 g/mol. The zero-order valence-electron chi connectivity index (χ0n) is 16.1. The average molecular weight is 442 g/mol. The van der Waals surface area contributed by atoms with Crippen molar-refractivity contribution in [2.24, 2.45) is 0 Å². The number of benzene rings is 2. The fourth-order valence-corrected chi connectivity index (χ4v) is 4.56. The Morgan fingerprint density at radius 1 is 1.20 bits per heavy atom. The lowest BCUT2D eigenvalue weighted by Crippen LogP contribution is -2.37. The summed E-state index contributed by atoms with van der Waals surface area (Å²) < 4.78 is 14.1. The third-order valence-corrected chi connectivity index (χ3v) is 5.99. The van der Waals surface area contributed by atoms with E-state index in [2.05, 4.69) is 10.3 Å². The van der Waals surface area contributed by atoms with E-state index < -0.39 is 11.7 Å². The second kappa shape index (κ2) is 8.08. The number of amides is 2. The standard InChI is InChI=1S/C22H17ClFN3O2S/c1-12(2)27-17-9-8-13(26-20(28)19-15(23)6-3-7-16(19)24)11-18(17)30-21-14(22(27)29)5-4-10-25-21/h3-12H,1-2H3,(H,26,28). The minimum absolute atomic E-state index is 0.0336. The van der Waals surface area contributed by atoms with Crippen LogP contribution in [-0.4, -0.2) is 22.8 Å². The van der Waals surface area contributed by atoms with Gasteiger partial charge in [-0.15, -0.1) is 0 Å². The van der Waals surface area contributed by atoms with Gasteiger partial charge in [0.1, 0.15) is 10.8 Å². The van der Waals surface area contributed by atoms with Crippen LogP contribution in [0.15, 0.2) is 64.6 Å². The van der Waals surface area contributed by atoms with Gasteiger partial charge in [-0.3, -0.25) is 9.59 Å². The molecule has 0 unspecified atom stereocenters. The first kappa shape index (κ1) is 20.4. The molecule has 2 heterocycles. The normalized spacial score (nSPS) is 13.0. The fraction of sp³-hybridized carbons (Fsp3) is 0.136. The number of nitrogens with zero attached hydrogens (tertiary/aromatic N) is 2. The van der Waals surface area contributed by atoms with Gasteiger partial charge in [0.05, 0.1) is 21.8 Å². The predicted octanol–water partition coefficient (Wildman–Crippen LogP) is 5.65. The Morgan fingerprint density at radius 2 is 2.00 bits per heavy atom. The van der Waals surface area contributed by atoms with Gasteiger partial charge in [0.15, 0.2) is 0 Å². The maximum Gasteiger partial charge on any atom is 0.261 e. The Bertz CT molecular complexity index is 1150. The molecule has 5 nitrogen and oxygen atoms in total. The molecule has 0 aliphatic carbocycles. The van der Waals surface area contributed by atoms with Gasteiger partial charge in [-0.25, -0.2) is 9.37 Å². The summed E-state index contributed by atoms with van der Waals surface area (Å²) in [7, 11) is 0. The van der Waals surface area contributed by atoms with Crippen molar-refractivity contribution in [3.05, 3.63) is 76.7 Å². The highest BCUT2D eigenvalue weighted by molar-refractivity contribution is 7.99. The SMILES string of the molecule is CC(C)N1C(=O)c2cccnc2Sc2cc(NC(=O)c3c(F)cccc3Cl)ccc21. The third-order valence-electron chi connectivity index (χ3n) is 4.61. The molecular formula is C22H17ClFN3O2S. The van der Waals surface area contributed by atoms with E-state index in [-0.39, 0.29) is 22.5 Å². The number of halogens is 2. The van der Waals surface area contributed by atoms with Crippen LogP contribution >= 0.6 is 23.4 Å². The van der Waals surface area contributed by atoms with Crippen LogP contribution in [0, 0.1) is 5.82 Å². The van der Waals surface area contributed by atoms with Crippen molar-refractivity contribution in [3.8, 4) is 0 Å². The maximum absolute atomic E-state index is 14.1. The topological polar surface area (TPSA) is 62.3 Å². The molecule has 1 aliphatic heterocycles. The van der Waals surface area contributed by atoms with Crippen LogP contribution in [0.2, 0.25) is 5.02 Å². The van der Waals surface area contributed by atoms with Gasteiger partial charge in [-0.1, -0.05) is 29.4 Å². The molecule has 1 aromatic heterocycles. The van der Waals surface area contributed by atoms with Crippen molar-refractivity contribution in [1.82, 2.24) is 4.98 Å². The van der Waals surface area contributed by atoms with Crippen molar-refractivity contribution < 1.29 is 14.0 Å². The van der Waals surface area contributed by atoms with Crippen molar-refractivity contribution >= 4 is 46.6 Å². The van der Waals surface area contributed by atoms with Gasteiger partial charge in [0.2, 0.25) is 0 Å². The zero-order valence-corrected chi connectivity index (χ0v) is 17.7. The molecule has 2 amide bonds. The summed E-state index contributed by atoms with van der Waals surface area (Å²) in [5.41, 5.74) is 1.49. The molecule has 1 aliphatic rings. The van der Waals surface area contributed by atoms with Crippen molar-refractivity contribution in [1.29, 1.82) is 0 Å². The second-order valence-corrected chi connectivity index (χ2v) is 8.40. The first-order valence-corrected chi connectivity index (χ1v) is 10.4. The second-order valence-electron chi connectivity index (χ2n) is 6.96. The molecule has 4 rings (SSSR count). The van der Waals surface area contributed by atoms with Crippen molar-refractivity contribution in [2.45, 2.75) is 29.8 Å². The van der Waals surface area contributed by atoms with Crippen molar-refractivity contribution in [2.75, 3.05) is 10.2 Å². The highest BCUT2D eigenvalue weighted by atomic mass is 35.5. The Morgan fingerprint density at radius 3 is 2.73 bits per heavy atom. The van der Waals surface area contributed by atoms with Gasteiger partial charge in [-0.05, 0) is 56.3 Å². The Balaban J connectivity index is 1.74. The fourth-order valence-electron chi connectivity index (χ4n) is 3.27. The largest absolute Gasteiger partial charge is 0.322 e. The number of aromatic nitrogens is 1. The van der Waals surface area contributed by atoms with Gasteiger partial charge in [-0.2, -0.15) is 0 Å². The Hall–Kier alpha value is -2.90. The third kappa shape index (κ3) is 3.66. The molecule has 30 heavy (non-hydrogen) atoms. The zero-order chi connectivity index (χ0) is 21.4. The van der Waals surface area contributed by atoms with Gasteiger partial charge in [0, 0.05) is 22.8 Å². The summed E-state index contributed by atoms with van der Waals surface area (Å²) in [5.74, 6) is -1.47. The summed E-state index contributed by atoms with van der Waals surface area (Å²) in [4.78, 5) is 32.5. The van der Waals surface area contributed by atoms with E-state index in [1.807, 2.05) is 13.8 Å². The summed E-state index contributed by atoms with van der Waals surface area (Å²) in [6.45, 7) is 3.87. The highest BCUT2D eigenvalue weighted by Gasteiger charge is 2.30. The van der Waals surface area contributed by atoms with E-state index in [9.17, 15) is 14.0 Å². The number of hydrogen-bond donors (Lipinski definition) is 1. The summed E-state index contributed by atoms with van der Waals surface area (Å²) in [6, 6.07) is 12.7. The van der Waals surface area contributed by atoms with Crippen LogP contribution in [0.5, 0.6) is 0 Å². The summed E-state index contributed by atoms with van der Waals surface area (Å²) in [6.07, 6.45) is 1.63. The van der Waals surface area contributed by atoms with E-state index in [1.54, 1.807) is 41.4 Å². The number of carbonyl (C=O) groups excluding carboxylic acids is 2. The van der Waals surface area contributed by atoms with Crippen LogP contribution < -0.4 is 10.2 Å². The van der Waals surface area contributed by atoms with Crippen LogP contribution in [0.1, 0.15) is 34.6 Å². The quantitative estimate of drug-likeness (QED) is 0.570. The van der Waals surface area contributed by atoms with E-state index in [0.717, 1.165) is 10.6 Å². The minimum Gasteiger partial charge on any atom is -0.322 e.